The maximum Gasteiger partial charge on any atom is 0.408 e. The van der Waals surface area contributed by atoms with E-state index in [4.69, 9.17) is 4.74 Å². The molecule has 0 bridgehead atoms. The average Bonchev–Trinajstić information content (AvgIpc) is 2.65. The molecular weight excluding hydrogens is 338 g/mol. The third kappa shape index (κ3) is 5.33. The molecule has 0 aliphatic carbocycles. The molecule has 0 fully saturated rings. The fraction of sp³-hybridized carbons (Fsp3) is 0.318. The van der Waals surface area contributed by atoms with Crippen LogP contribution in [0.3, 0.4) is 0 Å². The lowest BCUT2D eigenvalue weighted by Crippen LogP contribution is -2.43. The summed E-state index contributed by atoms with van der Waals surface area (Å²) in [5.74, 6) is 0. The summed E-state index contributed by atoms with van der Waals surface area (Å²) in [6.45, 7) is 5.28. The van der Waals surface area contributed by atoms with Crippen LogP contribution in [-0.2, 0) is 11.2 Å². The first-order valence-corrected chi connectivity index (χ1v) is 8.70. The van der Waals surface area contributed by atoms with Crippen molar-refractivity contribution in [2.24, 2.45) is 5.41 Å². The van der Waals surface area contributed by atoms with Gasteiger partial charge in [-0.3, -0.25) is 0 Å². The predicted molar refractivity (Wildman–Crippen MR) is 102 cm³/mol. The van der Waals surface area contributed by atoms with Crippen LogP contribution < -0.4 is 5.32 Å². The van der Waals surface area contributed by atoms with Crippen LogP contribution in [0.4, 0.5) is 4.79 Å². The van der Waals surface area contributed by atoms with Crippen molar-refractivity contribution < 1.29 is 9.53 Å². The van der Waals surface area contributed by atoms with E-state index in [1.165, 1.54) is 0 Å². The highest BCUT2D eigenvalue weighted by Crippen LogP contribution is 2.37. The van der Waals surface area contributed by atoms with Gasteiger partial charge < -0.3 is 10.1 Å². The molecule has 0 saturated carbocycles. The van der Waals surface area contributed by atoms with Crippen molar-refractivity contribution >= 4 is 6.09 Å². The third-order valence-electron chi connectivity index (χ3n) is 4.01. The second-order valence-electron chi connectivity index (χ2n) is 7.35. The van der Waals surface area contributed by atoms with Gasteiger partial charge in [0, 0.05) is 6.42 Å². The first kappa shape index (κ1) is 20.0. The molecule has 0 heterocycles. The minimum atomic E-state index is -1.49. The normalized spacial score (nSPS) is 12.3. The molecule has 0 aliphatic heterocycles. The van der Waals surface area contributed by atoms with E-state index in [0.717, 1.165) is 5.56 Å². The van der Waals surface area contributed by atoms with E-state index in [1.54, 1.807) is 45.0 Å². The number of hydrogen-bond donors (Lipinski definition) is 1. The first-order chi connectivity index (χ1) is 12.8. The number of amides is 1. The number of nitriles is 2. The monoisotopic (exact) mass is 361 g/mol. The van der Waals surface area contributed by atoms with E-state index in [0.29, 0.717) is 5.56 Å². The lowest BCUT2D eigenvalue weighted by molar-refractivity contribution is 0.0479. The van der Waals surface area contributed by atoms with Gasteiger partial charge in [-0.05, 0) is 31.9 Å². The van der Waals surface area contributed by atoms with Crippen LogP contribution in [0.15, 0.2) is 60.7 Å². The molecule has 0 unspecified atom stereocenters. The number of nitrogens with one attached hydrogen (secondary N) is 1. The van der Waals surface area contributed by atoms with Crippen molar-refractivity contribution in [2.75, 3.05) is 0 Å². The molecule has 5 heteroatoms. The lowest BCUT2D eigenvalue weighted by atomic mass is 9.75. The summed E-state index contributed by atoms with van der Waals surface area (Å²) >= 11 is 0. The van der Waals surface area contributed by atoms with Gasteiger partial charge in [0.1, 0.15) is 5.60 Å². The zero-order valence-electron chi connectivity index (χ0n) is 15.8. The largest absolute Gasteiger partial charge is 0.444 e. The summed E-state index contributed by atoms with van der Waals surface area (Å²) in [6.07, 6.45) is -0.491. The summed E-state index contributed by atoms with van der Waals surface area (Å²) in [5, 5.41) is 22.6. The van der Waals surface area contributed by atoms with Crippen LogP contribution in [0.2, 0.25) is 0 Å². The molecule has 2 aromatic rings. The van der Waals surface area contributed by atoms with Crippen LogP contribution in [0, 0.1) is 28.1 Å². The maximum absolute atomic E-state index is 12.4. The third-order valence-corrected chi connectivity index (χ3v) is 4.01. The molecule has 0 aromatic heterocycles. The minimum Gasteiger partial charge on any atom is -0.444 e. The van der Waals surface area contributed by atoms with Gasteiger partial charge in [-0.25, -0.2) is 4.79 Å². The van der Waals surface area contributed by atoms with Crippen LogP contribution in [0.1, 0.15) is 37.9 Å². The first-order valence-electron chi connectivity index (χ1n) is 8.70. The molecule has 27 heavy (non-hydrogen) atoms. The Morgan fingerprint density at radius 2 is 1.52 bits per heavy atom. The quantitative estimate of drug-likeness (QED) is 0.848. The van der Waals surface area contributed by atoms with Crippen molar-refractivity contribution in [3.63, 3.8) is 0 Å². The SMILES string of the molecule is CC(C)(C)OC(=O)N[C@@H](c1ccccc1)C(C#N)(C#N)Cc1ccccc1. The van der Waals surface area contributed by atoms with Gasteiger partial charge in [0.15, 0.2) is 5.41 Å². The molecule has 5 nitrogen and oxygen atoms in total. The summed E-state index contributed by atoms with van der Waals surface area (Å²) in [7, 11) is 0. The van der Waals surface area contributed by atoms with Crippen molar-refractivity contribution in [2.45, 2.75) is 38.8 Å². The van der Waals surface area contributed by atoms with E-state index in [-0.39, 0.29) is 6.42 Å². The molecule has 1 atom stereocenters. The molecule has 0 aliphatic rings. The summed E-state index contributed by atoms with van der Waals surface area (Å²) in [5.41, 5.74) is -0.665. The molecule has 2 aromatic carbocycles. The number of rotatable bonds is 5. The van der Waals surface area contributed by atoms with Crippen LogP contribution in [-0.4, -0.2) is 11.7 Å². The summed E-state index contributed by atoms with van der Waals surface area (Å²) in [6, 6.07) is 21.8. The fourth-order valence-corrected chi connectivity index (χ4v) is 2.82. The maximum atomic E-state index is 12.4. The van der Waals surface area contributed by atoms with E-state index in [2.05, 4.69) is 17.5 Å². The number of carbonyl (C=O) groups excluding carboxylic acids is 1. The average molecular weight is 361 g/mol. The molecule has 0 spiro atoms. The standard InChI is InChI=1S/C22H23N3O2/c1-21(2,3)27-20(26)25-19(18-12-8-5-9-13-18)22(15-23,16-24)14-17-10-6-4-7-11-17/h4-13,19H,14H2,1-3H3,(H,25,26)/t19-/m0/s1. The molecule has 138 valence electrons. The van der Waals surface area contributed by atoms with Gasteiger partial charge in [-0.2, -0.15) is 10.5 Å². The van der Waals surface area contributed by atoms with Crippen molar-refractivity contribution in [3.8, 4) is 12.1 Å². The van der Waals surface area contributed by atoms with Gasteiger partial charge in [0.2, 0.25) is 0 Å². The minimum absolute atomic E-state index is 0.177. The van der Waals surface area contributed by atoms with Crippen LogP contribution in [0.25, 0.3) is 0 Å². The van der Waals surface area contributed by atoms with Gasteiger partial charge in [0.05, 0.1) is 18.2 Å². The van der Waals surface area contributed by atoms with E-state index >= 15 is 0 Å². The van der Waals surface area contributed by atoms with Gasteiger partial charge in [-0.15, -0.1) is 0 Å². The van der Waals surface area contributed by atoms with E-state index in [9.17, 15) is 15.3 Å². The Morgan fingerprint density at radius 3 is 2.00 bits per heavy atom. The highest BCUT2D eigenvalue weighted by molar-refractivity contribution is 5.69. The predicted octanol–water partition coefficient (Wildman–Crippen LogP) is 4.53. The Morgan fingerprint density at radius 1 is 1.00 bits per heavy atom. The Labute approximate surface area is 160 Å². The van der Waals surface area contributed by atoms with Gasteiger partial charge in [0.25, 0.3) is 0 Å². The lowest BCUT2D eigenvalue weighted by Gasteiger charge is -2.31. The molecule has 1 amide bonds. The fourth-order valence-electron chi connectivity index (χ4n) is 2.82. The van der Waals surface area contributed by atoms with Crippen LogP contribution >= 0.6 is 0 Å². The number of hydrogen-bond acceptors (Lipinski definition) is 4. The Balaban J connectivity index is 2.44. The van der Waals surface area contributed by atoms with Crippen LogP contribution in [0.5, 0.6) is 0 Å². The smallest absolute Gasteiger partial charge is 0.408 e. The van der Waals surface area contributed by atoms with Gasteiger partial charge in [-0.1, -0.05) is 60.7 Å². The summed E-state index contributed by atoms with van der Waals surface area (Å²) in [4.78, 5) is 12.4. The Kier molecular flexibility index (Phi) is 6.21. The topological polar surface area (TPSA) is 85.9 Å². The molecular formula is C22H23N3O2. The zero-order chi connectivity index (χ0) is 19.9. The number of carbonyl (C=O) groups is 1. The van der Waals surface area contributed by atoms with Crippen molar-refractivity contribution in [1.82, 2.24) is 5.32 Å². The van der Waals surface area contributed by atoms with E-state index < -0.39 is 23.2 Å². The zero-order valence-corrected chi connectivity index (χ0v) is 15.8. The second-order valence-corrected chi connectivity index (χ2v) is 7.35. The molecule has 0 radical (unpaired) electrons. The van der Waals surface area contributed by atoms with E-state index in [1.807, 2.05) is 36.4 Å². The second kappa shape index (κ2) is 8.38. The Hall–Kier alpha value is -3.31. The number of alkyl carbamates (subject to hydrolysis) is 1. The molecule has 2 rings (SSSR count). The number of nitrogens with zero attached hydrogens (tertiary/aromatic N) is 2. The van der Waals surface area contributed by atoms with Crippen molar-refractivity contribution in [3.05, 3.63) is 71.8 Å². The number of ether oxygens (including phenoxy) is 1. The molecule has 0 saturated heterocycles. The summed E-state index contributed by atoms with van der Waals surface area (Å²) < 4.78 is 5.36. The molecule has 1 N–H and O–H groups in total. The van der Waals surface area contributed by atoms with Gasteiger partial charge >= 0.3 is 6.09 Å². The van der Waals surface area contributed by atoms with Crippen molar-refractivity contribution in [1.29, 1.82) is 10.5 Å². The highest BCUT2D eigenvalue weighted by atomic mass is 16.6. The highest BCUT2D eigenvalue weighted by Gasteiger charge is 2.42. The Bertz CT molecular complexity index is 829. The number of benzene rings is 2.